The Morgan fingerprint density at radius 1 is 1.12 bits per heavy atom. The van der Waals surface area contributed by atoms with Gasteiger partial charge < -0.3 is 19.8 Å². The van der Waals surface area contributed by atoms with Crippen LogP contribution < -0.4 is 9.64 Å². The molecule has 0 saturated carbocycles. The monoisotopic (exact) mass is 344 g/mol. The number of hydrogen-bond donors (Lipinski definition) is 2. The maximum Gasteiger partial charge on any atom is 0.153 e. The number of rotatable bonds is 5. The molecule has 0 aliphatic carbocycles. The Morgan fingerprint density at radius 3 is 2.12 bits per heavy atom. The molecule has 1 aliphatic heterocycles. The molecular weight excluding hydrogens is 318 g/mol. The van der Waals surface area contributed by atoms with Crippen LogP contribution in [-0.2, 0) is 0 Å². The highest BCUT2D eigenvalue weighted by molar-refractivity contribution is 5.52. The van der Waals surface area contributed by atoms with Crippen molar-refractivity contribution in [3.63, 3.8) is 0 Å². The summed E-state index contributed by atoms with van der Waals surface area (Å²) in [5.41, 5.74) is -0.00682. The van der Waals surface area contributed by atoms with E-state index < -0.39 is 24.3 Å². The number of aliphatic hydroxyl groups excluding tert-OH is 2. The van der Waals surface area contributed by atoms with Crippen molar-refractivity contribution < 1.29 is 23.7 Å². The maximum atomic E-state index is 14.3. The van der Waals surface area contributed by atoms with Crippen LogP contribution in [0, 0.1) is 11.6 Å². The third-order valence-electron chi connectivity index (χ3n) is 4.19. The van der Waals surface area contributed by atoms with E-state index in [0.717, 1.165) is 25.2 Å². The zero-order valence-corrected chi connectivity index (χ0v) is 14.4. The van der Waals surface area contributed by atoms with E-state index in [1.807, 2.05) is 0 Å². The number of hydrogen-bond acceptors (Lipinski definition) is 5. The second-order valence-electron chi connectivity index (χ2n) is 7.03. The van der Waals surface area contributed by atoms with Crippen molar-refractivity contribution in [2.24, 2.45) is 0 Å². The minimum absolute atomic E-state index is 0.00502. The van der Waals surface area contributed by atoms with Crippen LogP contribution in [-0.4, -0.2) is 66.1 Å². The molecule has 0 radical (unpaired) electrons. The lowest BCUT2D eigenvalue weighted by molar-refractivity contribution is 0.0534. The SMILES string of the molecule is CC(C)(C)N1CCN(c2c(F)cc(OCC(O)CO)cc2F)CC1. The number of nitrogens with zero attached hydrogens (tertiary/aromatic N) is 2. The molecule has 0 amide bonds. The van der Waals surface area contributed by atoms with Crippen LogP contribution in [0.1, 0.15) is 20.8 Å². The molecule has 136 valence electrons. The van der Waals surface area contributed by atoms with Gasteiger partial charge in [-0.3, -0.25) is 4.90 Å². The predicted octanol–water partition coefficient (Wildman–Crippen LogP) is 1.62. The van der Waals surface area contributed by atoms with E-state index in [2.05, 4.69) is 25.7 Å². The van der Waals surface area contributed by atoms with Crippen LogP contribution in [0.2, 0.25) is 0 Å². The quantitative estimate of drug-likeness (QED) is 0.850. The van der Waals surface area contributed by atoms with E-state index in [1.165, 1.54) is 0 Å². The van der Waals surface area contributed by atoms with Gasteiger partial charge in [0.2, 0.25) is 0 Å². The fourth-order valence-electron chi connectivity index (χ4n) is 2.77. The molecule has 2 N–H and O–H groups in total. The Bertz CT molecular complexity index is 532. The Labute approximate surface area is 141 Å². The zero-order chi connectivity index (χ0) is 17.9. The fourth-order valence-corrected chi connectivity index (χ4v) is 2.77. The zero-order valence-electron chi connectivity index (χ0n) is 14.4. The highest BCUT2D eigenvalue weighted by atomic mass is 19.1. The molecule has 1 heterocycles. The van der Waals surface area contributed by atoms with Gasteiger partial charge in [0, 0.05) is 43.9 Å². The van der Waals surface area contributed by atoms with Crippen molar-refractivity contribution in [3.8, 4) is 5.75 Å². The molecule has 1 fully saturated rings. The first kappa shape index (κ1) is 18.9. The van der Waals surface area contributed by atoms with E-state index >= 15 is 0 Å². The van der Waals surface area contributed by atoms with Crippen molar-refractivity contribution in [2.45, 2.75) is 32.4 Å². The van der Waals surface area contributed by atoms with E-state index in [9.17, 15) is 13.9 Å². The molecule has 1 saturated heterocycles. The molecule has 0 aromatic heterocycles. The first-order valence-electron chi connectivity index (χ1n) is 8.13. The number of ether oxygens (including phenoxy) is 1. The van der Waals surface area contributed by atoms with Crippen LogP contribution in [0.5, 0.6) is 5.75 Å². The van der Waals surface area contributed by atoms with Crippen molar-refractivity contribution in [3.05, 3.63) is 23.8 Å². The highest BCUT2D eigenvalue weighted by Crippen LogP contribution is 2.30. The maximum absolute atomic E-state index is 14.3. The highest BCUT2D eigenvalue weighted by Gasteiger charge is 2.28. The molecule has 0 spiro atoms. The Morgan fingerprint density at radius 2 is 1.67 bits per heavy atom. The van der Waals surface area contributed by atoms with Gasteiger partial charge in [0.1, 0.15) is 24.1 Å². The molecule has 5 nitrogen and oxygen atoms in total. The second-order valence-corrected chi connectivity index (χ2v) is 7.03. The summed E-state index contributed by atoms with van der Waals surface area (Å²) in [5.74, 6) is -1.38. The molecular formula is C17H26F2N2O3. The fraction of sp³-hybridized carbons (Fsp3) is 0.647. The van der Waals surface area contributed by atoms with Crippen molar-refractivity contribution in [1.29, 1.82) is 0 Å². The smallest absolute Gasteiger partial charge is 0.153 e. The average molecular weight is 344 g/mol. The van der Waals surface area contributed by atoms with Crippen LogP contribution in [0.15, 0.2) is 12.1 Å². The van der Waals surface area contributed by atoms with E-state index in [4.69, 9.17) is 9.84 Å². The van der Waals surface area contributed by atoms with Gasteiger partial charge in [-0.2, -0.15) is 0 Å². The lowest BCUT2D eigenvalue weighted by Gasteiger charge is -2.43. The summed E-state index contributed by atoms with van der Waals surface area (Å²) in [6.07, 6.45) is -1.08. The lowest BCUT2D eigenvalue weighted by Crippen LogP contribution is -2.53. The van der Waals surface area contributed by atoms with Gasteiger partial charge in [0.25, 0.3) is 0 Å². The van der Waals surface area contributed by atoms with E-state index in [-0.39, 0.29) is 23.6 Å². The summed E-state index contributed by atoms with van der Waals surface area (Å²) in [6.45, 7) is 8.25. The third-order valence-corrected chi connectivity index (χ3v) is 4.19. The van der Waals surface area contributed by atoms with Gasteiger partial charge in [0.15, 0.2) is 11.6 Å². The molecule has 1 aromatic carbocycles. The molecule has 1 aliphatic rings. The number of aliphatic hydroxyl groups is 2. The van der Waals surface area contributed by atoms with Crippen LogP contribution in [0.3, 0.4) is 0 Å². The summed E-state index contributed by atoms with van der Waals surface area (Å²) in [6, 6.07) is 2.22. The average Bonchev–Trinajstić information content (AvgIpc) is 2.51. The lowest BCUT2D eigenvalue weighted by atomic mass is 10.0. The van der Waals surface area contributed by atoms with Crippen LogP contribution in [0.4, 0.5) is 14.5 Å². The number of anilines is 1. The first-order chi connectivity index (χ1) is 11.2. The van der Waals surface area contributed by atoms with Gasteiger partial charge >= 0.3 is 0 Å². The van der Waals surface area contributed by atoms with Gasteiger partial charge in [-0.15, -0.1) is 0 Å². The summed E-state index contributed by atoms with van der Waals surface area (Å²) in [5, 5.41) is 18.0. The molecule has 24 heavy (non-hydrogen) atoms. The Balaban J connectivity index is 2.06. The number of piperazine rings is 1. The van der Waals surface area contributed by atoms with Crippen LogP contribution >= 0.6 is 0 Å². The van der Waals surface area contributed by atoms with E-state index in [0.29, 0.717) is 13.1 Å². The first-order valence-corrected chi connectivity index (χ1v) is 8.13. The molecule has 7 heteroatoms. The van der Waals surface area contributed by atoms with Gasteiger partial charge in [-0.1, -0.05) is 0 Å². The van der Waals surface area contributed by atoms with Gasteiger partial charge in [0.05, 0.1) is 6.61 Å². The van der Waals surface area contributed by atoms with Crippen LogP contribution in [0.25, 0.3) is 0 Å². The molecule has 0 bridgehead atoms. The number of halogens is 2. The standard InChI is InChI=1S/C17H26F2N2O3/c1-17(2,3)21-6-4-20(5-7-21)16-14(18)8-13(9-15(16)19)24-11-12(23)10-22/h8-9,12,22-23H,4-7,10-11H2,1-3H3. The summed E-state index contributed by atoms with van der Waals surface area (Å²) < 4.78 is 33.8. The normalized spacial score (nSPS) is 17.9. The Hall–Kier alpha value is -1.44. The Kier molecular flexibility index (Phi) is 6.01. The van der Waals surface area contributed by atoms with Gasteiger partial charge in [-0.05, 0) is 20.8 Å². The third kappa shape index (κ3) is 4.55. The summed E-state index contributed by atoms with van der Waals surface area (Å²) >= 11 is 0. The molecule has 1 aromatic rings. The summed E-state index contributed by atoms with van der Waals surface area (Å²) in [4.78, 5) is 3.99. The van der Waals surface area contributed by atoms with E-state index in [1.54, 1.807) is 4.90 Å². The molecule has 1 atom stereocenters. The minimum Gasteiger partial charge on any atom is -0.491 e. The number of benzene rings is 1. The largest absolute Gasteiger partial charge is 0.491 e. The topological polar surface area (TPSA) is 56.2 Å². The summed E-state index contributed by atoms with van der Waals surface area (Å²) in [7, 11) is 0. The van der Waals surface area contributed by atoms with Crippen molar-refractivity contribution >= 4 is 5.69 Å². The van der Waals surface area contributed by atoms with Crippen molar-refractivity contribution in [2.75, 3.05) is 44.3 Å². The molecule has 2 rings (SSSR count). The minimum atomic E-state index is -1.08. The van der Waals surface area contributed by atoms with Crippen molar-refractivity contribution in [1.82, 2.24) is 4.90 Å². The van der Waals surface area contributed by atoms with Gasteiger partial charge in [-0.25, -0.2) is 8.78 Å². The predicted molar refractivity (Wildman–Crippen MR) is 88.5 cm³/mol. The second kappa shape index (κ2) is 7.63. The molecule has 1 unspecified atom stereocenters.